The van der Waals surface area contributed by atoms with Gasteiger partial charge in [-0.3, -0.25) is 0 Å². The summed E-state index contributed by atoms with van der Waals surface area (Å²) in [7, 11) is -2.05. The lowest BCUT2D eigenvalue weighted by atomic mass is 10.4. The minimum absolute atomic E-state index is 0.493. The molecule has 0 fully saturated rings. The van der Waals surface area contributed by atoms with Crippen molar-refractivity contribution < 1.29 is 19.1 Å². The van der Waals surface area contributed by atoms with Crippen molar-refractivity contribution in [3.8, 4) is 0 Å². The van der Waals surface area contributed by atoms with Gasteiger partial charge < -0.3 is 9.53 Å². The molecule has 0 aliphatic carbocycles. The van der Waals surface area contributed by atoms with Crippen LogP contribution in [0.3, 0.4) is 0 Å². The van der Waals surface area contributed by atoms with Gasteiger partial charge in [-0.05, 0) is 18.1 Å². The standard InChI is InChI=1S/C14H26O4Si/c1-4-7-12-19(10-5-2,11-6-3)18-14(17)9-8-13(15)16/h8-9H,4-7,10-12H2,1-3H3,(H,15,16)/b9-8-. The summed E-state index contributed by atoms with van der Waals surface area (Å²) in [5.41, 5.74) is 0. The molecule has 0 saturated heterocycles. The lowest BCUT2D eigenvalue weighted by Gasteiger charge is -2.30. The zero-order valence-corrected chi connectivity index (χ0v) is 13.3. The first-order chi connectivity index (χ1) is 8.99. The van der Waals surface area contributed by atoms with E-state index in [2.05, 4.69) is 20.8 Å². The van der Waals surface area contributed by atoms with E-state index in [1.54, 1.807) is 0 Å². The van der Waals surface area contributed by atoms with E-state index in [1.807, 2.05) is 0 Å². The summed E-state index contributed by atoms with van der Waals surface area (Å²) in [6.45, 7) is 6.33. The molecule has 110 valence electrons. The monoisotopic (exact) mass is 286 g/mol. The fourth-order valence-corrected chi connectivity index (χ4v) is 6.70. The topological polar surface area (TPSA) is 63.6 Å². The van der Waals surface area contributed by atoms with Crippen LogP contribution in [0, 0.1) is 0 Å². The van der Waals surface area contributed by atoms with Crippen LogP contribution >= 0.6 is 0 Å². The summed E-state index contributed by atoms with van der Waals surface area (Å²) in [4.78, 5) is 22.1. The Hall–Kier alpha value is -1.10. The van der Waals surface area contributed by atoms with Crippen molar-refractivity contribution in [3.05, 3.63) is 12.2 Å². The summed E-state index contributed by atoms with van der Waals surface area (Å²) in [6, 6.07) is 2.92. The van der Waals surface area contributed by atoms with Crippen LogP contribution in [0.4, 0.5) is 0 Å². The first kappa shape index (κ1) is 17.9. The van der Waals surface area contributed by atoms with E-state index in [0.717, 1.165) is 56.0 Å². The van der Waals surface area contributed by atoms with Crippen molar-refractivity contribution in [1.82, 2.24) is 0 Å². The molecule has 0 aromatic carbocycles. The summed E-state index contributed by atoms with van der Waals surface area (Å²) >= 11 is 0. The van der Waals surface area contributed by atoms with Crippen molar-refractivity contribution in [3.63, 3.8) is 0 Å². The van der Waals surface area contributed by atoms with Crippen LogP contribution in [0.2, 0.25) is 18.1 Å². The van der Waals surface area contributed by atoms with Crippen molar-refractivity contribution in [2.24, 2.45) is 0 Å². The van der Waals surface area contributed by atoms with Crippen LogP contribution in [0.1, 0.15) is 46.5 Å². The average Bonchev–Trinajstić information content (AvgIpc) is 2.34. The molecule has 0 saturated carbocycles. The summed E-state index contributed by atoms with van der Waals surface area (Å²) in [5, 5.41) is 8.53. The second-order valence-corrected chi connectivity index (χ2v) is 8.95. The molecule has 0 aliphatic rings. The van der Waals surface area contributed by atoms with E-state index in [4.69, 9.17) is 9.53 Å². The maximum atomic E-state index is 11.7. The highest BCUT2D eigenvalue weighted by Gasteiger charge is 2.35. The minimum Gasteiger partial charge on any atom is -0.516 e. The lowest BCUT2D eigenvalue weighted by Crippen LogP contribution is -2.39. The van der Waals surface area contributed by atoms with E-state index in [9.17, 15) is 9.59 Å². The van der Waals surface area contributed by atoms with Crippen LogP contribution < -0.4 is 0 Å². The highest BCUT2D eigenvalue weighted by atomic mass is 28.4. The highest BCUT2D eigenvalue weighted by Crippen LogP contribution is 2.28. The zero-order chi connectivity index (χ0) is 14.7. The molecule has 0 aromatic heterocycles. The molecule has 0 heterocycles. The van der Waals surface area contributed by atoms with Gasteiger partial charge in [-0.15, -0.1) is 0 Å². The first-order valence-electron chi connectivity index (χ1n) is 7.13. The molecule has 0 radical (unpaired) electrons. The predicted molar refractivity (Wildman–Crippen MR) is 78.5 cm³/mol. The van der Waals surface area contributed by atoms with Gasteiger partial charge in [0.15, 0.2) is 0 Å². The van der Waals surface area contributed by atoms with Gasteiger partial charge in [0.25, 0.3) is 8.32 Å². The third kappa shape index (κ3) is 7.82. The normalized spacial score (nSPS) is 11.7. The zero-order valence-electron chi connectivity index (χ0n) is 12.3. The molecule has 5 heteroatoms. The molecular formula is C14H26O4Si. The molecule has 0 spiro atoms. The third-order valence-corrected chi connectivity index (χ3v) is 7.80. The number of rotatable bonds is 10. The fourth-order valence-electron chi connectivity index (χ4n) is 2.33. The molecule has 0 aromatic rings. The van der Waals surface area contributed by atoms with Crippen LogP contribution in [-0.2, 0) is 14.0 Å². The summed E-state index contributed by atoms with van der Waals surface area (Å²) in [6.07, 6.45) is 6.05. The van der Waals surface area contributed by atoms with Gasteiger partial charge in [-0.25, -0.2) is 9.59 Å². The van der Waals surface area contributed by atoms with E-state index in [-0.39, 0.29) is 0 Å². The van der Waals surface area contributed by atoms with Crippen molar-refractivity contribution in [2.45, 2.75) is 64.6 Å². The number of hydrogen-bond acceptors (Lipinski definition) is 3. The number of carbonyl (C=O) groups excluding carboxylic acids is 1. The van der Waals surface area contributed by atoms with Gasteiger partial charge in [-0.2, -0.15) is 0 Å². The Bertz CT molecular complexity index is 307. The van der Waals surface area contributed by atoms with Crippen molar-refractivity contribution in [1.29, 1.82) is 0 Å². The molecule has 1 N–H and O–H groups in total. The van der Waals surface area contributed by atoms with Gasteiger partial charge in [0.1, 0.15) is 0 Å². The minimum atomic E-state index is -2.05. The lowest BCUT2D eigenvalue weighted by molar-refractivity contribution is -0.133. The third-order valence-electron chi connectivity index (χ3n) is 3.08. The summed E-state index contributed by atoms with van der Waals surface area (Å²) < 4.78 is 5.72. The predicted octanol–water partition coefficient (Wildman–Crippen LogP) is 3.74. The molecule has 0 aliphatic heterocycles. The number of aliphatic carboxylic acids is 1. The maximum absolute atomic E-state index is 11.7. The number of unbranched alkanes of at least 4 members (excludes halogenated alkanes) is 1. The van der Waals surface area contributed by atoms with Crippen LogP contribution in [0.5, 0.6) is 0 Å². The van der Waals surface area contributed by atoms with E-state index in [0.29, 0.717) is 0 Å². The van der Waals surface area contributed by atoms with E-state index in [1.165, 1.54) is 0 Å². The molecule has 0 unspecified atom stereocenters. The van der Waals surface area contributed by atoms with Gasteiger partial charge in [0, 0.05) is 12.2 Å². The highest BCUT2D eigenvalue weighted by molar-refractivity contribution is 6.75. The fraction of sp³-hybridized carbons (Fsp3) is 0.714. The molecule has 4 nitrogen and oxygen atoms in total. The Labute approximate surface area is 117 Å². The Morgan fingerprint density at radius 2 is 1.58 bits per heavy atom. The van der Waals surface area contributed by atoms with Gasteiger partial charge in [0.2, 0.25) is 0 Å². The van der Waals surface area contributed by atoms with Crippen LogP contribution in [0.25, 0.3) is 0 Å². The smallest absolute Gasteiger partial charge is 0.328 e. The molecule has 0 bridgehead atoms. The number of carbonyl (C=O) groups is 2. The van der Waals surface area contributed by atoms with Crippen LogP contribution in [-0.4, -0.2) is 25.4 Å². The van der Waals surface area contributed by atoms with Crippen molar-refractivity contribution >= 4 is 20.3 Å². The second kappa shape index (κ2) is 9.78. The Kier molecular flexibility index (Phi) is 9.21. The number of carboxylic acids is 1. The Balaban J connectivity index is 4.78. The number of carboxylic acid groups (broad SMARTS) is 1. The largest absolute Gasteiger partial charge is 0.516 e. The molecule has 0 atom stereocenters. The summed E-state index contributed by atoms with van der Waals surface area (Å²) in [5.74, 6) is -1.61. The van der Waals surface area contributed by atoms with Crippen LogP contribution in [0.15, 0.2) is 12.2 Å². The maximum Gasteiger partial charge on any atom is 0.328 e. The molecular weight excluding hydrogens is 260 g/mol. The molecule has 0 amide bonds. The number of hydrogen-bond donors (Lipinski definition) is 1. The van der Waals surface area contributed by atoms with E-state index < -0.39 is 20.3 Å². The Morgan fingerprint density at radius 1 is 1.00 bits per heavy atom. The first-order valence-corrected chi connectivity index (χ1v) is 9.66. The Morgan fingerprint density at radius 3 is 2.00 bits per heavy atom. The second-order valence-electron chi connectivity index (χ2n) is 4.88. The average molecular weight is 286 g/mol. The van der Waals surface area contributed by atoms with E-state index >= 15 is 0 Å². The van der Waals surface area contributed by atoms with Gasteiger partial charge in [-0.1, -0.05) is 46.5 Å². The van der Waals surface area contributed by atoms with Crippen molar-refractivity contribution in [2.75, 3.05) is 0 Å². The van der Waals surface area contributed by atoms with Gasteiger partial charge >= 0.3 is 11.9 Å². The quantitative estimate of drug-likeness (QED) is 0.491. The molecule has 0 rings (SSSR count). The van der Waals surface area contributed by atoms with Gasteiger partial charge in [0.05, 0.1) is 0 Å². The SMILES string of the molecule is CCCC[Si](CCC)(CCC)OC(=O)/C=C\C(=O)O. The molecule has 19 heavy (non-hydrogen) atoms.